The molecule has 1 aliphatic rings. The van der Waals surface area contributed by atoms with Crippen molar-refractivity contribution in [3.63, 3.8) is 0 Å². The molecule has 0 radical (unpaired) electrons. The molecule has 0 unspecified atom stereocenters. The molecule has 1 aromatic carbocycles. The fourth-order valence-electron chi connectivity index (χ4n) is 3.68. The Morgan fingerprint density at radius 1 is 1.31 bits per heavy atom. The van der Waals surface area contributed by atoms with Gasteiger partial charge in [0.1, 0.15) is 29.3 Å². The number of aromatic nitrogens is 2. The van der Waals surface area contributed by atoms with E-state index >= 15 is 0 Å². The van der Waals surface area contributed by atoms with Crippen molar-refractivity contribution in [3.8, 4) is 0 Å². The molecule has 8 nitrogen and oxygen atoms in total. The van der Waals surface area contributed by atoms with Crippen LogP contribution in [0.4, 0.5) is 11.6 Å². The minimum absolute atomic E-state index is 0.0328. The number of nitrogens with zero attached hydrogens (tertiary/aromatic N) is 4. The molecular formula is C21H25N5O3. The Morgan fingerprint density at radius 2 is 2.14 bits per heavy atom. The number of rotatable bonds is 6. The fraction of sp³-hybridized carbons (Fsp3) is 0.381. The van der Waals surface area contributed by atoms with E-state index < -0.39 is 6.10 Å². The summed E-state index contributed by atoms with van der Waals surface area (Å²) in [7, 11) is 3.83. The summed E-state index contributed by atoms with van der Waals surface area (Å²) >= 11 is 0. The molecule has 2 atom stereocenters. The highest BCUT2D eigenvalue weighted by atomic mass is 16.3. The summed E-state index contributed by atoms with van der Waals surface area (Å²) in [6.07, 6.45) is 1.83. The average molecular weight is 395 g/mol. The molecule has 8 heteroatoms. The molecule has 3 heterocycles. The predicted molar refractivity (Wildman–Crippen MR) is 111 cm³/mol. The number of hydrogen-bond acceptors (Lipinski definition) is 7. The molecule has 1 aliphatic heterocycles. The number of benzene rings is 1. The molecule has 2 aromatic heterocycles. The Bertz CT molecular complexity index is 970. The van der Waals surface area contributed by atoms with Gasteiger partial charge in [-0.1, -0.05) is 18.2 Å². The third-order valence-electron chi connectivity index (χ3n) is 5.13. The number of aliphatic hydroxyl groups excluding tert-OH is 1. The van der Waals surface area contributed by atoms with Crippen molar-refractivity contribution in [1.29, 1.82) is 0 Å². The molecule has 1 fully saturated rings. The largest absolute Gasteiger partial charge is 0.461 e. The maximum Gasteiger partial charge on any atom is 0.227 e. The van der Waals surface area contributed by atoms with Crippen molar-refractivity contribution in [2.24, 2.45) is 0 Å². The number of anilines is 2. The first-order valence-corrected chi connectivity index (χ1v) is 9.68. The Morgan fingerprint density at radius 3 is 2.93 bits per heavy atom. The first kappa shape index (κ1) is 19.2. The number of carbonyl (C=O) groups excluding carboxylic acids is 1. The lowest BCUT2D eigenvalue weighted by Crippen LogP contribution is -2.41. The van der Waals surface area contributed by atoms with Crippen LogP contribution in [0.5, 0.6) is 0 Å². The zero-order chi connectivity index (χ0) is 20.4. The topological polar surface area (TPSA) is 94.7 Å². The number of fused-ring (bicyclic) bond motifs is 1. The van der Waals surface area contributed by atoms with Gasteiger partial charge < -0.3 is 24.6 Å². The summed E-state index contributed by atoms with van der Waals surface area (Å²) in [5.74, 6) is 2.07. The number of para-hydroxylation sites is 1. The van der Waals surface area contributed by atoms with Crippen LogP contribution in [0.3, 0.4) is 0 Å². The predicted octanol–water partition coefficient (Wildman–Crippen LogP) is 1.59. The van der Waals surface area contributed by atoms with E-state index in [1.807, 2.05) is 60.3 Å². The first-order valence-electron chi connectivity index (χ1n) is 9.68. The van der Waals surface area contributed by atoms with Crippen LogP contribution in [0, 0.1) is 0 Å². The zero-order valence-electron chi connectivity index (χ0n) is 16.6. The van der Waals surface area contributed by atoms with E-state index in [9.17, 15) is 9.90 Å². The van der Waals surface area contributed by atoms with Gasteiger partial charge >= 0.3 is 0 Å². The SMILES string of the molecule is CN(C)c1cc(N2C[C@H](O)C[C@@H]2CNC(=O)Cc2cc3ccccc3o2)ncn1. The van der Waals surface area contributed by atoms with E-state index in [-0.39, 0.29) is 18.4 Å². The quantitative estimate of drug-likeness (QED) is 0.654. The van der Waals surface area contributed by atoms with Gasteiger partial charge in [-0.2, -0.15) is 0 Å². The summed E-state index contributed by atoms with van der Waals surface area (Å²) in [6.45, 7) is 0.908. The molecule has 29 heavy (non-hydrogen) atoms. The summed E-state index contributed by atoms with van der Waals surface area (Å²) < 4.78 is 5.72. The Kier molecular flexibility index (Phi) is 5.35. The van der Waals surface area contributed by atoms with Crippen molar-refractivity contribution < 1.29 is 14.3 Å². The van der Waals surface area contributed by atoms with Crippen molar-refractivity contribution >= 4 is 28.5 Å². The molecule has 2 N–H and O–H groups in total. The third-order valence-corrected chi connectivity index (χ3v) is 5.13. The van der Waals surface area contributed by atoms with Gasteiger partial charge in [-0.25, -0.2) is 9.97 Å². The van der Waals surface area contributed by atoms with E-state index in [0.717, 1.165) is 22.6 Å². The molecule has 0 saturated carbocycles. The first-order chi connectivity index (χ1) is 14.0. The molecule has 0 bridgehead atoms. The third kappa shape index (κ3) is 4.32. The smallest absolute Gasteiger partial charge is 0.227 e. The second kappa shape index (κ2) is 8.08. The number of aliphatic hydroxyl groups is 1. The van der Waals surface area contributed by atoms with E-state index in [1.54, 1.807) is 0 Å². The van der Waals surface area contributed by atoms with Gasteiger partial charge in [-0.3, -0.25) is 4.79 Å². The van der Waals surface area contributed by atoms with Crippen molar-refractivity contribution in [2.45, 2.75) is 25.0 Å². The van der Waals surface area contributed by atoms with Crippen LogP contribution in [0.1, 0.15) is 12.2 Å². The van der Waals surface area contributed by atoms with Gasteiger partial charge in [0.2, 0.25) is 5.91 Å². The van der Waals surface area contributed by atoms with Crippen molar-refractivity contribution in [3.05, 3.63) is 48.5 Å². The number of furan rings is 1. The van der Waals surface area contributed by atoms with E-state index in [4.69, 9.17) is 4.42 Å². The lowest BCUT2D eigenvalue weighted by Gasteiger charge is -2.26. The van der Waals surface area contributed by atoms with Gasteiger partial charge in [-0.05, 0) is 18.6 Å². The van der Waals surface area contributed by atoms with Crippen LogP contribution in [0.15, 0.2) is 47.1 Å². The highest BCUT2D eigenvalue weighted by Gasteiger charge is 2.32. The maximum absolute atomic E-state index is 12.4. The normalized spacial score (nSPS) is 18.9. The molecule has 1 amide bonds. The highest BCUT2D eigenvalue weighted by molar-refractivity contribution is 5.82. The summed E-state index contributed by atoms with van der Waals surface area (Å²) in [5, 5.41) is 14.1. The number of amides is 1. The minimum Gasteiger partial charge on any atom is -0.461 e. The van der Waals surface area contributed by atoms with Crippen LogP contribution >= 0.6 is 0 Å². The molecule has 4 rings (SSSR count). The number of hydrogen-bond donors (Lipinski definition) is 2. The second-order valence-corrected chi connectivity index (χ2v) is 7.56. The lowest BCUT2D eigenvalue weighted by molar-refractivity contribution is -0.120. The maximum atomic E-state index is 12.4. The number of nitrogens with one attached hydrogen (secondary N) is 1. The number of carbonyl (C=O) groups is 1. The van der Waals surface area contributed by atoms with E-state index in [1.165, 1.54) is 6.33 Å². The minimum atomic E-state index is -0.454. The Labute approximate surface area is 169 Å². The van der Waals surface area contributed by atoms with Crippen LogP contribution < -0.4 is 15.1 Å². The van der Waals surface area contributed by atoms with E-state index in [2.05, 4.69) is 15.3 Å². The zero-order valence-corrected chi connectivity index (χ0v) is 16.6. The van der Waals surface area contributed by atoms with Crippen LogP contribution in [0.2, 0.25) is 0 Å². The summed E-state index contributed by atoms with van der Waals surface area (Å²) in [6, 6.07) is 11.4. The second-order valence-electron chi connectivity index (χ2n) is 7.56. The van der Waals surface area contributed by atoms with Crippen LogP contribution in [0.25, 0.3) is 11.0 Å². The standard InChI is InChI=1S/C21H25N5O3/c1-25(2)19-10-20(24-13-23-19)26-12-16(27)8-15(26)11-22-21(28)9-17-7-14-5-3-4-6-18(14)29-17/h3-7,10,13,15-16,27H,8-9,11-12H2,1-2H3,(H,22,28)/t15-,16-/m1/s1. The van der Waals surface area contributed by atoms with Crippen molar-refractivity contribution in [2.75, 3.05) is 37.0 Å². The van der Waals surface area contributed by atoms with E-state index in [0.29, 0.717) is 25.3 Å². The molecule has 0 spiro atoms. The molecule has 0 aliphatic carbocycles. The average Bonchev–Trinajstić information content (AvgIpc) is 3.28. The fourth-order valence-corrected chi connectivity index (χ4v) is 3.68. The van der Waals surface area contributed by atoms with Gasteiger partial charge in [0.25, 0.3) is 0 Å². The highest BCUT2D eigenvalue weighted by Crippen LogP contribution is 2.25. The van der Waals surface area contributed by atoms with Crippen LogP contribution in [-0.4, -0.2) is 60.3 Å². The summed E-state index contributed by atoms with van der Waals surface area (Å²) in [4.78, 5) is 25.0. The van der Waals surface area contributed by atoms with Crippen molar-refractivity contribution in [1.82, 2.24) is 15.3 Å². The molecular weight excluding hydrogens is 370 g/mol. The lowest BCUT2D eigenvalue weighted by atomic mass is 10.2. The number of β-amino-alcohol motifs (C(OH)–C–C–N with tert-alkyl or cyclic N) is 1. The Balaban J connectivity index is 1.39. The monoisotopic (exact) mass is 395 g/mol. The van der Waals surface area contributed by atoms with Gasteiger partial charge in [-0.15, -0.1) is 0 Å². The molecule has 1 saturated heterocycles. The van der Waals surface area contributed by atoms with Gasteiger partial charge in [0.15, 0.2) is 0 Å². The summed E-state index contributed by atoms with van der Waals surface area (Å²) in [5.41, 5.74) is 0.779. The van der Waals surface area contributed by atoms with Crippen LogP contribution in [-0.2, 0) is 11.2 Å². The van der Waals surface area contributed by atoms with Gasteiger partial charge in [0, 0.05) is 38.6 Å². The molecule has 152 valence electrons. The molecule has 3 aromatic rings. The van der Waals surface area contributed by atoms with Gasteiger partial charge in [0.05, 0.1) is 18.6 Å². The Hall–Kier alpha value is -3.13.